The van der Waals surface area contributed by atoms with Crippen LogP contribution < -0.4 is 10.1 Å². The number of benzene rings is 2. The molecule has 238 valence electrons. The number of esters is 1. The molecule has 2 aliphatic carbocycles. The van der Waals surface area contributed by atoms with Crippen LogP contribution in [0.15, 0.2) is 42.5 Å². The van der Waals surface area contributed by atoms with Crippen molar-refractivity contribution in [3.63, 3.8) is 0 Å². The van der Waals surface area contributed by atoms with Gasteiger partial charge in [0.1, 0.15) is 11.5 Å². The highest BCUT2D eigenvalue weighted by Crippen LogP contribution is 2.52. The zero-order valence-corrected chi connectivity index (χ0v) is 27.0. The molecule has 0 spiro atoms. The van der Waals surface area contributed by atoms with Gasteiger partial charge in [0.25, 0.3) is 0 Å². The predicted octanol–water partition coefficient (Wildman–Crippen LogP) is 6.31. The van der Waals surface area contributed by atoms with E-state index >= 15 is 0 Å². The quantitative estimate of drug-likeness (QED) is 0.312. The monoisotopic (exact) mass is 623 g/mol. The minimum absolute atomic E-state index is 0.00232. The topological polar surface area (TPSA) is 88.2 Å². The molecule has 1 aliphatic heterocycles. The lowest BCUT2D eigenvalue weighted by molar-refractivity contribution is -0.135. The minimum Gasteiger partial charge on any atom is -0.465 e. The van der Waals surface area contributed by atoms with Crippen LogP contribution in [0, 0.1) is 23.2 Å². The van der Waals surface area contributed by atoms with Crippen LogP contribution in [0.1, 0.15) is 74.7 Å². The van der Waals surface area contributed by atoms with Gasteiger partial charge in [-0.25, -0.2) is 4.79 Å². The maximum absolute atomic E-state index is 12.9. The third-order valence-corrected chi connectivity index (χ3v) is 9.94. The fraction of sp³-hybridized carbons (Fsp3) is 0.571. The number of hydrogen-bond acceptors (Lipinski definition) is 6. The van der Waals surface area contributed by atoms with Gasteiger partial charge in [-0.2, -0.15) is 0 Å². The Bertz CT molecular complexity index is 1330. The van der Waals surface area contributed by atoms with E-state index in [4.69, 9.17) is 21.1 Å². The molecular formula is C35H46ClN3O5. The summed E-state index contributed by atoms with van der Waals surface area (Å²) < 4.78 is 10.8. The highest BCUT2D eigenvalue weighted by Gasteiger charge is 2.42. The van der Waals surface area contributed by atoms with Gasteiger partial charge in [-0.05, 0) is 97.2 Å². The van der Waals surface area contributed by atoms with Crippen molar-refractivity contribution >= 4 is 29.4 Å². The number of ether oxygens (including phenoxy) is 2. The average molecular weight is 624 g/mol. The fourth-order valence-corrected chi connectivity index (χ4v) is 8.10. The first-order valence-electron chi connectivity index (χ1n) is 16.0. The summed E-state index contributed by atoms with van der Waals surface area (Å²) in [4.78, 5) is 41.8. The number of fused-ring (bicyclic) bond motifs is 2. The molecule has 2 unspecified atom stereocenters. The van der Waals surface area contributed by atoms with Crippen molar-refractivity contribution in [2.45, 2.75) is 65.3 Å². The van der Waals surface area contributed by atoms with E-state index in [1.54, 1.807) is 30.3 Å². The SMILES string of the molecule is CCC1CC2CC(C1)CC(C)(CC(=O)NCC(=O)N1CCN(Cc3cc(Cl)cc(Oc4cccc(C(=O)OC)c4)c3)CC1)C2. The number of amides is 2. The number of nitrogens with one attached hydrogen (secondary N) is 1. The third kappa shape index (κ3) is 8.54. The van der Waals surface area contributed by atoms with Crippen LogP contribution in [-0.2, 0) is 20.9 Å². The first kappa shape index (κ1) is 32.3. The van der Waals surface area contributed by atoms with Crippen molar-refractivity contribution in [2.75, 3.05) is 39.8 Å². The molecule has 0 aromatic heterocycles. The largest absolute Gasteiger partial charge is 0.465 e. The molecule has 2 saturated carbocycles. The molecule has 8 nitrogen and oxygen atoms in total. The second kappa shape index (κ2) is 14.3. The molecular weight excluding hydrogens is 578 g/mol. The van der Waals surface area contributed by atoms with Crippen molar-refractivity contribution in [2.24, 2.45) is 23.2 Å². The minimum atomic E-state index is -0.428. The zero-order valence-electron chi connectivity index (χ0n) is 26.3. The number of hydrogen-bond donors (Lipinski definition) is 1. The summed E-state index contributed by atoms with van der Waals surface area (Å²) in [7, 11) is 1.34. The molecule has 1 N–H and O–H groups in total. The Morgan fingerprint density at radius 3 is 2.39 bits per heavy atom. The summed E-state index contributed by atoms with van der Waals surface area (Å²) in [6.45, 7) is 7.97. The predicted molar refractivity (Wildman–Crippen MR) is 171 cm³/mol. The summed E-state index contributed by atoms with van der Waals surface area (Å²) in [5.41, 5.74) is 1.45. The summed E-state index contributed by atoms with van der Waals surface area (Å²) in [5.74, 6) is 3.00. The van der Waals surface area contributed by atoms with Crippen molar-refractivity contribution in [1.29, 1.82) is 0 Å². The third-order valence-electron chi connectivity index (χ3n) is 9.72. The molecule has 2 amide bonds. The van der Waals surface area contributed by atoms with Gasteiger partial charge in [0.05, 0.1) is 19.2 Å². The van der Waals surface area contributed by atoms with Crippen molar-refractivity contribution in [3.05, 3.63) is 58.6 Å². The van der Waals surface area contributed by atoms with E-state index in [1.807, 2.05) is 17.0 Å². The molecule has 2 bridgehead atoms. The van der Waals surface area contributed by atoms with E-state index in [9.17, 15) is 14.4 Å². The molecule has 3 aliphatic rings. The summed E-state index contributed by atoms with van der Waals surface area (Å²) in [5, 5.41) is 3.49. The van der Waals surface area contributed by atoms with Gasteiger partial charge >= 0.3 is 5.97 Å². The Morgan fingerprint density at radius 1 is 0.977 bits per heavy atom. The highest BCUT2D eigenvalue weighted by molar-refractivity contribution is 6.30. The molecule has 9 heteroatoms. The van der Waals surface area contributed by atoms with Gasteiger partial charge in [-0.3, -0.25) is 14.5 Å². The lowest BCUT2D eigenvalue weighted by Crippen LogP contribution is -2.51. The maximum atomic E-state index is 12.9. The van der Waals surface area contributed by atoms with E-state index in [0.717, 1.165) is 49.2 Å². The van der Waals surface area contributed by atoms with Gasteiger partial charge in [0.2, 0.25) is 11.8 Å². The molecule has 1 saturated heterocycles. The number of nitrogens with zero attached hydrogens (tertiary/aromatic N) is 2. The van der Waals surface area contributed by atoms with Crippen LogP contribution in [0.25, 0.3) is 0 Å². The van der Waals surface area contributed by atoms with E-state index in [-0.39, 0.29) is 23.8 Å². The zero-order chi connectivity index (χ0) is 31.3. The van der Waals surface area contributed by atoms with Crippen LogP contribution in [0.2, 0.25) is 5.02 Å². The van der Waals surface area contributed by atoms with Crippen LogP contribution in [0.4, 0.5) is 0 Å². The number of carbonyl (C=O) groups is 3. The van der Waals surface area contributed by atoms with E-state index < -0.39 is 5.97 Å². The first-order valence-corrected chi connectivity index (χ1v) is 16.4. The van der Waals surface area contributed by atoms with Crippen LogP contribution in [0.3, 0.4) is 0 Å². The Labute approximate surface area is 266 Å². The smallest absolute Gasteiger partial charge is 0.337 e. The van der Waals surface area contributed by atoms with E-state index in [0.29, 0.717) is 48.1 Å². The Kier molecular flexibility index (Phi) is 10.5. The second-order valence-electron chi connectivity index (χ2n) is 13.5. The molecule has 2 aromatic carbocycles. The number of carbonyl (C=O) groups excluding carboxylic acids is 3. The molecule has 3 fully saturated rings. The number of rotatable bonds is 10. The maximum Gasteiger partial charge on any atom is 0.337 e. The van der Waals surface area contributed by atoms with Gasteiger partial charge in [-0.1, -0.05) is 37.9 Å². The number of piperazine rings is 1. The first-order chi connectivity index (χ1) is 21.1. The molecule has 0 radical (unpaired) electrons. The number of methoxy groups -OCH3 is 1. The van der Waals surface area contributed by atoms with E-state index in [1.165, 1.54) is 32.8 Å². The van der Waals surface area contributed by atoms with Crippen molar-refractivity contribution < 1.29 is 23.9 Å². The lowest BCUT2D eigenvalue weighted by atomic mass is 9.58. The second-order valence-corrected chi connectivity index (χ2v) is 13.9. The molecule has 2 atom stereocenters. The average Bonchev–Trinajstić information content (AvgIpc) is 2.98. The standard InChI is InChI=1S/C35H46ClN3O5/c1-4-24-12-25-14-26(13-24)20-35(2,19-25)21-32(40)37-22-33(41)39-10-8-38(9-11-39)23-27-15-29(36)18-31(16-27)44-30-7-5-6-28(17-30)34(42)43-3/h5-7,15-18,24-26H,4,8-14,19-23H2,1-3H3,(H,37,40). The van der Waals surface area contributed by atoms with Gasteiger partial charge in [0, 0.05) is 44.2 Å². The van der Waals surface area contributed by atoms with Gasteiger partial charge in [0.15, 0.2) is 0 Å². The Balaban J connectivity index is 1.06. The van der Waals surface area contributed by atoms with Gasteiger partial charge < -0.3 is 19.7 Å². The van der Waals surface area contributed by atoms with Crippen LogP contribution in [0.5, 0.6) is 11.5 Å². The highest BCUT2D eigenvalue weighted by atomic mass is 35.5. The lowest BCUT2D eigenvalue weighted by Gasteiger charge is -2.47. The Morgan fingerprint density at radius 2 is 1.70 bits per heavy atom. The summed E-state index contributed by atoms with van der Waals surface area (Å²) in [6.07, 6.45) is 8.00. The van der Waals surface area contributed by atoms with Crippen molar-refractivity contribution in [3.8, 4) is 11.5 Å². The van der Waals surface area contributed by atoms with Crippen LogP contribution in [-0.4, -0.2) is 67.4 Å². The summed E-state index contributed by atoms with van der Waals surface area (Å²) in [6, 6.07) is 12.4. The van der Waals surface area contributed by atoms with Crippen molar-refractivity contribution in [1.82, 2.24) is 15.1 Å². The molecule has 5 rings (SSSR count). The van der Waals surface area contributed by atoms with Gasteiger partial charge in [-0.15, -0.1) is 0 Å². The fourth-order valence-electron chi connectivity index (χ4n) is 7.85. The number of halogens is 1. The van der Waals surface area contributed by atoms with Crippen LogP contribution >= 0.6 is 11.6 Å². The Hall–Kier alpha value is -3.10. The molecule has 1 heterocycles. The normalized spacial score (nSPS) is 25.3. The molecule has 44 heavy (non-hydrogen) atoms. The van der Waals surface area contributed by atoms with E-state index in [2.05, 4.69) is 24.1 Å². The summed E-state index contributed by atoms with van der Waals surface area (Å²) >= 11 is 6.41. The molecule has 2 aromatic rings.